The summed E-state index contributed by atoms with van der Waals surface area (Å²) in [6.07, 6.45) is 1.25. The molecule has 0 aliphatic carbocycles. The molecule has 104 valence electrons. The summed E-state index contributed by atoms with van der Waals surface area (Å²) in [6.45, 7) is 6.48. The van der Waals surface area contributed by atoms with Gasteiger partial charge in [-0.1, -0.05) is 17.2 Å². The van der Waals surface area contributed by atoms with Gasteiger partial charge in [0.15, 0.2) is 5.69 Å². The Morgan fingerprint density at radius 2 is 1.90 bits per heavy atom. The van der Waals surface area contributed by atoms with Crippen molar-refractivity contribution >= 4 is 11.6 Å². The Kier molecular flexibility index (Phi) is 3.93. The Bertz CT molecular complexity index is 635. The number of benzene rings is 1. The van der Waals surface area contributed by atoms with E-state index in [-0.39, 0.29) is 5.69 Å². The molecule has 1 aromatic heterocycles. The van der Waals surface area contributed by atoms with Crippen molar-refractivity contribution in [3.63, 3.8) is 0 Å². The number of rotatable bonds is 4. The molecule has 1 aromatic carbocycles. The molecule has 20 heavy (non-hydrogen) atoms. The number of nitrogens with one attached hydrogen (secondary N) is 1. The minimum Gasteiger partial charge on any atom is -0.354 e. The van der Waals surface area contributed by atoms with Gasteiger partial charge in [0.2, 0.25) is 5.95 Å². The van der Waals surface area contributed by atoms with Gasteiger partial charge in [-0.2, -0.15) is 0 Å². The molecule has 1 heterocycles. The number of aromatic nitrogens is 2. The zero-order valence-electron chi connectivity index (χ0n) is 11.7. The van der Waals surface area contributed by atoms with Crippen LogP contribution in [-0.4, -0.2) is 21.4 Å². The molecule has 0 saturated heterocycles. The highest BCUT2D eigenvalue weighted by Gasteiger charge is 2.19. The highest BCUT2D eigenvalue weighted by molar-refractivity contribution is 5.71. The van der Waals surface area contributed by atoms with E-state index in [1.54, 1.807) is 0 Å². The zero-order chi connectivity index (χ0) is 14.7. The lowest BCUT2D eigenvalue weighted by Crippen LogP contribution is -2.05. The Morgan fingerprint density at radius 3 is 2.45 bits per heavy atom. The van der Waals surface area contributed by atoms with Gasteiger partial charge < -0.3 is 5.32 Å². The van der Waals surface area contributed by atoms with Crippen molar-refractivity contribution in [2.75, 3.05) is 11.9 Å². The van der Waals surface area contributed by atoms with Crippen molar-refractivity contribution < 1.29 is 4.92 Å². The maximum absolute atomic E-state index is 11.1. The first kappa shape index (κ1) is 13.9. The van der Waals surface area contributed by atoms with E-state index in [2.05, 4.69) is 15.3 Å². The molecular weight excluding hydrogens is 256 g/mol. The maximum Gasteiger partial charge on any atom is 0.313 e. The second-order valence-electron chi connectivity index (χ2n) is 4.59. The number of hydrogen-bond acceptors (Lipinski definition) is 5. The molecule has 6 nitrogen and oxygen atoms in total. The van der Waals surface area contributed by atoms with Crippen LogP contribution in [0.1, 0.15) is 18.1 Å². The van der Waals surface area contributed by atoms with Crippen molar-refractivity contribution in [2.45, 2.75) is 20.8 Å². The highest BCUT2D eigenvalue weighted by Crippen LogP contribution is 2.29. The first-order valence-corrected chi connectivity index (χ1v) is 6.35. The summed E-state index contributed by atoms with van der Waals surface area (Å²) in [5.74, 6) is 0.396. The van der Waals surface area contributed by atoms with Crippen LogP contribution < -0.4 is 5.32 Å². The molecule has 0 fully saturated rings. The predicted octanol–water partition coefficient (Wildman–Crippen LogP) is 3.10. The normalized spacial score (nSPS) is 10.3. The fourth-order valence-electron chi connectivity index (χ4n) is 2.08. The second kappa shape index (κ2) is 5.64. The van der Waals surface area contributed by atoms with Gasteiger partial charge >= 0.3 is 5.69 Å². The first-order chi connectivity index (χ1) is 9.51. The smallest absolute Gasteiger partial charge is 0.313 e. The molecule has 2 rings (SSSR count). The molecule has 2 aromatic rings. The largest absolute Gasteiger partial charge is 0.354 e. The summed E-state index contributed by atoms with van der Waals surface area (Å²) < 4.78 is 0. The fraction of sp³-hybridized carbons (Fsp3) is 0.286. The fourth-order valence-corrected chi connectivity index (χ4v) is 2.08. The van der Waals surface area contributed by atoms with E-state index in [0.29, 0.717) is 18.2 Å². The van der Waals surface area contributed by atoms with Crippen molar-refractivity contribution in [3.05, 3.63) is 45.6 Å². The third kappa shape index (κ3) is 2.90. The monoisotopic (exact) mass is 272 g/mol. The number of nitro groups is 1. The predicted molar refractivity (Wildman–Crippen MR) is 77.8 cm³/mol. The van der Waals surface area contributed by atoms with Gasteiger partial charge in [-0.3, -0.25) is 10.1 Å². The molecule has 0 bridgehead atoms. The lowest BCUT2D eigenvalue weighted by Gasteiger charge is -2.07. The van der Waals surface area contributed by atoms with Crippen molar-refractivity contribution in [1.29, 1.82) is 0 Å². The van der Waals surface area contributed by atoms with E-state index < -0.39 is 4.92 Å². The first-order valence-electron chi connectivity index (χ1n) is 6.35. The summed E-state index contributed by atoms with van der Waals surface area (Å²) in [6, 6.07) is 5.79. The van der Waals surface area contributed by atoms with Crippen molar-refractivity contribution in [1.82, 2.24) is 9.97 Å². The van der Waals surface area contributed by atoms with Gasteiger partial charge in [0.1, 0.15) is 6.20 Å². The average Bonchev–Trinajstić information content (AvgIpc) is 2.37. The van der Waals surface area contributed by atoms with Crippen LogP contribution in [0.15, 0.2) is 24.4 Å². The third-order valence-electron chi connectivity index (χ3n) is 2.80. The van der Waals surface area contributed by atoms with Crippen LogP contribution >= 0.6 is 0 Å². The second-order valence-corrected chi connectivity index (χ2v) is 4.59. The summed E-state index contributed by atoms with van der Waals surface area (Å²) in [7, 11) is 0. The number of aryl methyl sites for hydroxylation is 2. The van der Waals surface area contributed by atoms with Gasteiger partial charge in [0, 0.05) is 12.1 Å². The van der Waals surface area contributed by atoms with Crippen LogP contribution in [-0.2, 0) is 0 Å². The van der Waals surface area contributed by atoms with E-state index in [0.717, 1.165) is 16.7 Å². The molecule has 0 atom stereocenters. The Labute approximate surface area is 117 Å². The number of anilines is 1. The van der Waals surface area contributed by atoms with Crippen molar-refractivity contribution in [2.24, 2.45) is 0 Å². The zero-order valence-corrected chi connectivity index (χ0v) is 11.7. The number of hydrogen-bond donors (Lipinski definition) is 1. The third-order valence-corrected chi connectivity index (χ3v) is 2.80. The topological polar surface area (TPSA) is 81.0 Å². The molecule has 0 aliphatic heterocycles. The quantitative estimate of drug-likeness (QED) is 0.683. The lowest BCUT2D eigenvalue weighted by molar-refractivity contribution is -0.384. The molecular formula is C14H16N4O2. The molecule has 0 spiro atoms. The van der Waals surface area contributed by atoms with Crippen LogP contribution in [0, 0.1) is 24.0 Å². The lowest BCUT2D eigenvalue weighted by atomic mass is 10.0. The van der Waals surface area contributed by atoms with Gasteiger partial charge in [-0.25, -0.2) is 9.97 Å². The van der Waals surface area contributed by atoms with Crippen LogP contribution in [0.5, 0.6) is 0 Å². The molecule has 0 saturated carbocycles. The minimum atomic E-state index is -0.456. The Hall–Kier alpha value is -2.50. The van der Waals surface area contributed by atoms with Crippen LogP contribution in [0.4, 0.5) is 11.6 Å². The summed E-state index contributed by atoms with van der Waals surface area (Å²) in [4.78, 5) is 18.9. The van der Waals surface area contributed by atoms with Gasteiger partial charge in [-0.15, -0.1) is 0 Å². The number of nitrogens with zero attached hydrogens (tertiary/aromatic N) is 3. The molecule has 0 amide bonds. The average molecular weight is 272 g/mol. The van der Waals surface area contributed by atoms with E-state index >= 15 is 0 Å². The minimum absolute atomic E-state index is 0.0864. The summed E-state index contributed by atoms with van der Waals surface area (Å²) >= 11 is 0. The van der Waals surface area contributed by atoms with E-state index in [1.165, 1.54) is 6.20 Å². The Morgan fingerprint density at radius 1 is 1.25 bits per heavy atom. The maximum atomic E-state index is 11.1. The summed E-state index contributed by atoms with van der Waals surface area (Å²) in [5.41, 5.74) is 3.07. The van der Waals surface area contributed by atoms with Gasteiger partial charge in [0.25, 0.3) is 0 Å². The molecule has 6 heteroatoms. The van der Waals surface area contributed by atoms with Crippen LogP contribution in [0.2, 0.25) is 0 Å². The highest BCUT2D eigenvalue weighted by atomic mass is 16.6. The van der Waals surface area contributed by atoms with Gasteiger partial charge in [-0.05, 0) is 32.9 Å². The van der Waals surface area contributed by atoms with Crippen molar-refractivity contribution in [3.8, 4) is 11.3 Å². The standard InChI is InChI=1S/C14H16N4O2/c1-4-15-14-16-8-12(18(19)20)13(17-14)11-6-9(2)5-10(3)7-11/h5-8H,4H2,1-3H3,(H,15,16,17). The molecule has 0 unspecified atom stereocenters. The SMILES string of the molecule is CCNc1ncc([N+](=O)[O-])c(-c2cc(C)cc(C)c2)n1. The van der Waals surface area contributed by atoms with E-state index in [4.69, 9.17) is 0 Å². The van der Waals surface area contributed by atoms with Gasteiger partial charge in [0.05, 0.1) is 4.92 Å². The molecule has 1 N–H and O–H groups in total. The molecule has 0 radical (unpaired) electrons. The van der Waals surface area contributed by atoms with E-state index in [1.807, 2.05) is 39.0 Å². The van der Waals surface area contributed by atoms with Crippen LogP contribution in [0.25, 0.3) is 11.3 Å². The van der Waals surface area contributed by atoms with E-state index in [9.17, 15) is 10.1 Å². The Balaban J connectivity index is 2.62. The summed E-state index contributed by atoms with van der Waals surface area (Å²) in [5, 5.41) is 14.1. The molecule has 0 aliphatic rings. The van der Waals surface area contributed by atoms with Crippen LogP contribution in [0.3, 0.4) is 0 Å².